The van der Waals surface area contributed by atoms with Crippen LogP contribution < -0.4 is 16.2 Å². The Hall–Kier alpha value is -3.54. The quantitative estimate of drug-likeness (QED) is 0.825. The van der Waals surface area contributed by atoms with E-state index in [1.807, 2.05) is 0 Å². The molecule has 0 aliphatic carbocycles. The second kappa shape index (κ2) is 8.23. The van der Waals surface area contributed by atoms with Gasteiger partial charge in [0.1, 0.15) is 18.2 Å². The van der Waals surface area contributed by atoms with Crippen molar-refractivity contribution in [2.45, 2.75) is 20.4 Å². The van der Waals surface area contributed by atoms with Gasteiger partial charge >= 0.3 is 0 Å². The number of carbonyl (C=O) groups is 2. The van der Waals surface area contributed by atoms with Crippen LogP contribution in [0.25, 0.3) is 0 Å². The fraction of sp³-hybridized carbons (Fsp3) is 0.222. The molecule has 0 atom stereocenters. The minimum atomic E-state index is -1.11. The van der Waals surface area contributed by atoms with Crippen LogP contribution in [0.15, 0.2) is 29.1 Å². The topological polar surface area (TPSA) is 104 Å². The first-order valence-corrected chi connectivity index (χ1v) is 7.85. The van der Waals surface area contributed by atoms with Crippen LogP contribution in [-0.4, -0.2) is 22.9 Å². The predicted molar refractivity (Wildman–Crippen MR) is 92.9 cm³/mol. The highest BCUT2D eigenvalue weighted by atomic mass is 19.2. The van der Waals surface area contributed by atoms with Crippen molar-refractivity contribution in [2.75, 3.05) is 11.9 Å². The number of aromatic nitrogens is 1. The van der Waals surface area contributed by atoms with Crippen molar-refractivity contribution in [3.63, 3.8) is 0 Å². The number of benzene rings is 1. The summed E-state index contributed by atoms with van der Waals surface area (Å²) in [6.07, 6.45) is 0. The lowest BCUT2D eigenvalue weighted by molar-refractivity contribution is -0.124. The van der Waals surface area contributed by atoms with Gasteiger partial charge in [-0.1, -0.05) is 0 Å². The molecule has 27 heavy (non-hydrogen) atoms. The van der Waals surface area contributed by atoms with Gasteiger partial charge in [-0.15, -0.1) is 0 Å². The van der Waals surface area contributed by atoms with E-state index < -0.39 is 35.6 Å². The first-order valence-electron chi connectivity index (χ1n) is 7.85. The van der Waals surface area contributed by atoms with E-state index in [1.54, 1.807) is 26.0 Å². The number of hydrogen-bond acceptors (Lipinski definition) is 4. The zero-order chi connectivity index (χ0) is 20.1. The van der Waals surface area contributed by atoms with Gasteiger partial charge in [0.15, 0.2) is 11.6 Å². The predicted octanol–water partition coefficient (Wildman–Crippen LogP) is 1.37. The molecule has 0 radical (unpaired) electrons. The molecule has 7 nitrogen and oxygen atoms in total. The molecule has 140 valence electrons. The highest BCUT2D eigenvalue weighted by Gasteiger charge is 2.14. The van der Waals surface area contributed by atoms with Crippen molar-refractivity contribution < 1.29 is 18.4 Å². The Labute approximate surface area is 153 Å². The molecule has 0 fully saturated rings. The Morgan fingerprint density at radius 1 is 1.15 bits per heavy atom. The summed E-state index contributed by atoms with van der Waals surface area (Å²) in [5, 5.41) is 13.7. The number of nitrogens with one attached hydrogen (secondary N) is 2. The Kier molecular flexibility index (Phi) is 6.03. The number of carbonyl (C=O) groups excluding carboxylic acids is 2. The lowest BCUT2D eigenvalue weighted by Crippen LogP contribution is -2.38. The summed E-state index contributed by atoms with van der Waals surface area (Å²) in [4.78, 5) is 36.0. The fourth-order valence-corrected chi connectivity index (χ4v) is 2.42. The highest BCUT2D eigenvalue weighted by molar-refractivity contribution is 5.94. The average Bonchev–Trinajstić information content (AvgIpc) is 2.60. The largest absolute Gasteiger partial charge is 0.345 e. The monoisotopic (exact) mass is 374 g/mol. The van der Waals surface area contributed by atoms with E-state index in [0.29, 0.717) is 11.3 Å². The number of halogens is 2. The van der Waals surface area contributed by atoms with Gasteiger partial charge in [-0.3, -0.25) is 14.4 Å². The minimum absolute atomic E-state index is 0.0393. The van der Waals surface area contributed by atoms with Gasteiger partial charge < -0.3 is 15.2 Å². The molecule has 1 heterocycles. The summed E-state index contributed by atoms with van der Waals surface area (Å²) in [5.41, 5.74) is 0.415. The Balaban J connectivity index is 1.99. The maximum atomic E-state index is 13.1. The van der Waals surface area contributed by atoms with E-state index in [0.717, 1.165) is 16.7 Å². The summed E-state index contributed by atoms with van der Waals surface area (Å²) in [6, 6.07) is 6.27. The highest BCUT2D eigenvalue weighted by Crippen LogP contribution is 2.12. The number of nitrogens with zero attached hydrogens (tertiary/aromatic N) is 2. The second-order valence-corrected chi connectivity index (χ2v) is 5.80. The number of nitriles is 1. The number of aryl methyl sites for hydroxylation is 2. The molecular weight excluding hydrogens is 358 g/mol. The average molecular weight is 374 g/mol. The van der Waals surface area contributed by atoms with E-state index in [9.17, 15) is 23.2 Å². The number of pyridine rings is 1. The third kappa shape index (κ3) is 4.76. The molecule has 0 saturated heterocycles. The lowest BCUT2D eigenvalue weighted by Gasteiger charge is -2.12. The molecule has 9 heteroatoms. The third-order valence-corrected chi connectivity index (χ3v) is 3.77. The molecule has 2 rings (SSSR count). The second-order valence-electron chi connectivity index (χ2n) is 5.80. The maximum absolute atomic E-state index is 13.1. The SMILES string of the molecule is Cc1cc(C)n(CC(=O)NCC(=O)Nc2ccc(F)c(F)c2)c(=O)c1C#N. The summed E-state index contributed by atoms with van der Waals surface area (Å²) in [5.74, 6) is -3.43. The van der Waals surface area contributed by atoms with Gasteiger partial charge in [0.05, 0.1) is 6.54 Å². The lowest BCUT2D eigenvalue weighted by atomic mass is 10.1. The van der Waals surface area contributed by atoms with Crippen LogP contribution >= 0.6 is 0 Å². The van der Waals surface area contributed by atoms with Gasteiger partial charge in [-0.05, 0) is 37.6 Å². The van der Waals surface area contributed by atoms with Gasteiger partial charge in [-0.25, -0.2) is 8.78 Å². The minimum Gasteiger partial charge on any atom is -0.345 e. The number of amides is 2. The van der Waals surface area contributed by atoms with E-state index in [1.165, 1.54) is 6.07 Å². The number of hydrogen-bond donors (Lipinski definition) is 2. The van der Waals surface area contributed by atoms with Crippen LogP contribution in [0.4, 0.5) is 14.5 Å². The van der Waals surface area contributed by atoms with E-state index >= 15 is 0 Å². The maximum Gasteiger partial charge on any atom is 0.269 e. The zero-order valence-corrected chi connectivity index (χ0v) is 14.6. The first kappa shape index (κ1) is 19.8. The molecule has 0 saturated carbocycles. The fourth-order valence-electron chi connectivity index (χ4n) is 2.42. The summed E-state index contributed by atoms with van der Waals surface area (Å²) in [7, 11) is 0. The van der Waals surface area contributed by atoms with Crippen molar-refractivity contribution in [3.8, 4) is 6.07 Å². The van der Waals surface area contributed by atoms with Crippen molar-refractivity contribution in [1.29, 1.82) is 5.26 Å². The number of rotatable bonds is 5. The Morgan fingerprint density at radius 3 is 2.48 bits per heavy atom. The summed E-state index contributed by atoms with van der Waals surface area (Å²) in [6.45, 7) is 2.46. The molecule has 0 spiro atoms. The van der Waals surface area contributed by atoms with Crippen molar-refractivity contribution >= 4 is 17.5 Å². The molecule has 1 aromatic heterocycles. The molecule has 0 aliphatic heterocycles. The van der Waals surface area contributed by atoms with E-state index in [4.69, 9.17) is 5.26 Å². The molecule has 2 amide bonds. The molecule has 0 aliphatic rings. The first-order chi connectivity index (χ1) is 12.7. The summed E-state index contributed by atoms with van der Waals surface area (Å²) >= 11 is 0. The zero-order valence-electron chi connectivity index (χ0n) is 14.6. The van der Waals surface area contributed by atoms with Gasteiger partial charge in [0.25, 0.3) is 5.56 Å². The third-order valence-electron chi connectivity index (χ3n) is 3.77. The molecule has 0 unspecified atom stereocenters. The molecule has 0 bridgehead atoms. The van der Waals surface area contributed by atoms with Crippen LogP contribution in [0.2, 0.25) is 0 Å². The van der Waals surface area contributed by atoms with Gasteiger partial charge in [0, 0.05) is 17.4 Å². The van der Waals surface area contributed by atoms with Crippen LogP contribution in [0.5, 0.6) is 0 Å². The van der Waals surface area contributed by atoms with E-state index in [-0.39, 0.29) is 17.8 Å². The Morgan fingerprint density at radius 2 is 1.85 bits per heavy atom. The van der Waals surface area contributed by atoms with Crippen molar-refractivity contribution in [3.05, 3.63) is 63.1 Å². The van der Waals surface area contributed by atoms with E-state index in [2.05, 4.69) is 10.6 Å². The molecular formula is C18H16F2N4O3. The molecule has 2 N–H and O–H groups in total. The van der Waals surface area contributed by atoms with Crippen molar-refractivity contribution in [2.24, 2.45) is 0 Å². The molecule has 2 aromatic rings. The van der Waals surface area contributed by atoms with Crippen LogP contribution in [0, 0.1) is 36.8 Å². The van der Waals surface area contributed by atoms with Crippen LogP contribution in [0.1, 0.15) is 16.8 Å². The molecule has 1 aromatic carbocycles. The smallest absolute Gasteiger partial charge is 0.269 e. The van der Waals surface area contributed by atoms with Crippen LogP contribution in [-0.2, 0) is 16.1 Å². The van der Waals surface area contributed by atoms with Gasteiger partial charge in [0.2, 0.25) is 11.8 Å². The standard InChI is InChI=1S/C18H16F2N4O3/c1-10-5-11(2)24(18(27)13(10)7-21)9-17(26)22-8-16(25)23-12-3-4-14(19)15(20)6-12/h3-6H,8-9H2,1-2H3,(H,22,26)(H,23,25). The number of anilines is 1. The van der Waals surface area contributed by atoms with Crippen molar-refractivity contribution in [1.82, 2.24) is 9.88 Å². The Bertz CT molecular complexity index is 1010. The van der Waals surface area contributed by atoms with Gasteiger partial charge in [-0.2, -0.15) is 5.26 Å². The summed E-state index contributed by atoms with van der Waals surface area (Å²) < 4.78 is 27.1. The normalized spacial score (nSPS) is 10.2. The van der Waals surface area contributed by atoms with Crippen LogP contribution in [0.3, 0.4) is 0 Å².